The molecule has 6 nitrogen and oxygen atoms in total. The van der Waals surface area contributed by atoms with Crippen LogP contribution in [0.25, 0.3) is 0 Å². The van der Waals surface area contributed by atoms with Crippen molar-refractivity contribution in [2.75, 3.05) is 52.1 Å². The van der Waals surface area contributed by atoms with Crippen LogP contribution in [0.1, 0.15) is 11.6 Å². The number of carbonyl (C=O) groups is 1. The highest BCUT2D eigenvalue weighted by atomic mass is 16.5. The minimum absolute atomic E-state index is 0.0416. The first kappa shape index (κ1) is 19.6. The van der Waals surface area contributed by atoms with Crippen molar-refractivity contribution in [2.45, 2.75) is 6.04 Å². The summed E-state index contributed by atoms with van der Waals surface area (Å²) in [6.07, 6.45) is 0. The van der Waals surface area contributed by atoms with E-state index in [2.05, 4.69) is 15.5 Å². The Morgan fingerprint density at radius 2 is 1.81 bits per heavy atom. The first-order valence-corrected chi connectivity index (χ1v) is 8.54. The molecular formula is C20H28N4O2. The maximum absolute atomic E-state index is 12.4. The van der Waals surface area contributed by atoms with Crippen LogP contribution in [-0.4, -0.2) is 52.8 Å². The number of urea groups is 1. The van der Waals surface area contributed by atoms with E-state index in [0.717, 1.165) is 22.7 Å². The summed E-state index contributed by atoms with van der Waals surface area (Å²) >= 11 is 0. The molecular weight excluding hydrogens is 328 g/mol. The highest BCUT2D eigenvalue weighted by Gasteiger charge is 2.16. The molecule has 2 rings (SSSR count). The lowest BCUT2D eigenvalue weighted by Crippen LogP contribution is -2.37. The van der Waals surface area contributed by atoms with Gasteiger partial charge in [0.2, 0.25) is 0 Å². The summed E-state index contributed by atoms with van der Waals surface area (Å²) in [6.45, 7) is 0.482. The van der Waals surface area contributed by atoms with E-state index in [9.17, 15) is 4.79 Å². The number of ether oxygens (including phenoxy) is 1. The van der Waals surface area contributed by atoms with Crippen molar-refractivity contribution in [3.8, 4) is 5.75 Å². The van der Waals surface area contributed by atoms with E-state index in [-0.39, 0.29) is 12.1 Å². The predicted molar refractivity (Wildman–Crippen MR) is 107 cm³/mol. The monoisotopic (exact) mass is 356 g/mol. The standard InChI is InChI=1S/C20H28N4O2/c1-23(2)18-12-7-6-11-17(18)22-20(25)21-14-19(24(3)4)15-9-8-10-16(13-15)26-5/h6-13,19H,14H2,1-5H3,(H2,21,22,25). The van der Waals surface area contributed by atoms with Gasteiger partial charge in [0.05, 0.1) is 24.5 Å². The number of amides is 2. The molecule has 0 fully saturated rings. The lowest BCUT2D eigenvalue weighted by atomic mass is 10.1. The third kappa shape index (κ3) is 5.13. The van der Waals surface area contributed by atoms with Crippen molar-refractivity contribution in [3.05, 3.63) is 54.1 Å². The number of methoxy groups -OCH3 is 1. The molecule has 2 N–H and O–H groups in total. The summed E-state index contributed by atoms with van der Waals surface area (Å²) in [6, 6.07) is 15.4. The van der Waals surface area contributed by atoms with Gasteiger partial charge >= 0.3 is 6.03 Å². The molecule has 26 heavy (non-hydrogen) atoms. The maximum Gasteiger partial charge on any atom is 0.319 e. The van der Waals surface area contributed by atoms with Crippen molar-refractivity contribution >= 4 is 17.4 Å². The Balaban J connectivity index is 2.04. The smallest absolute Gasteiger partial charge is 0.319 e. The number of rotatable bonds is 7. The average molecular weight is 356 g/mol. The van der Waals surface area contributed by atoms with Gasteiger partial charge in [0, 0.05) is 20.6 Å². The molecule has 1 atom stereocenters. The normalized spacial score (nSPS) is 11.8. The lowest BCUT2D eigenvalue weighted by Gasteiger charge is -2.25. The first-order chi connectivity index (χ1) is 12.4. The quantitative estimate of drug-likeness (QED) is 0.800. The molecule has 0 aliphatic heterocycles. The average Bonchev–Trinajstić information content (AvgIpc) is 2.62. The van der Waals surface area contributed by atoms with Crippen molar-refractivity contribution in [2.24, 2.45) is 0 Å². The van der Waals surface area contributed by atoms with Crippen LogP contribution in [0.4, 0.5) is 16.2 Å². The molecule has 0 heterocycles. The van der Waals surface area contributed by atoms with Gasteiger partial charge in [-0.2, -0.15) is 0 Å². The van der Waals surface area contributed by atoms with Crippen LogP contribution in [0.3, 0.4) is 0 Å². The van der Waals surface area contributed by atoms with Gasteiger partial charge in [-0.05, 0) is 43.9 Å². The zero-order valence-electron chi connectivity index (χ0n) is 16.1. The van der Waals surface area contributed by atoms with Crippen molar-refractivity contribution in [1.82, 2.24) is 10.2 Å². The van der Waals surface area contributed by atoms with Gasteiger partial charge in [0.1, 0.15) is 5.75 Å². The molecule has 140 valence electrons. The lowest BCUT2D eigenvalue weighted by molar-refractivity contribution is 0.243. The number of benzene rings is 2. The molecule has 0 aliphatic rings. The van der Waals surface area contributed by atoms with Crippen LogP contribution in [0.15, 0.2) is 48.5 Å². The minimum Gasteiger partial charge on any atom is -0.497 e. The Bertz CT molecular complexity index is 731. The third-order valence-corrected chi connectivity index (χ3v) is 4.19. The fourth-order valence-electron chi connectivity index (χ4n) is 2.77. The number of nitrogens with zero attached hydrogens (tertiary/aromatic N) is 2. The molecule has 0 aliphatic carbocycles. The molecule has 1 unspecified atom stereocenters. The van der Waals surface area contributed by atoms with Crippen LogP contribution >= 0.6 is 0 Å². The van der Waals surface area contributed by atoms with Crippen molar-refractivity contribution in [1.29, 1.82) is 0 Å². The van der Waals surface area contributed by atoms with Crippen LogP contribution < -0.4 is 20.3 Å². The van der Waals surface area contributed by atoms with Gasteiger partial charge in [0.25, 0.3) is 0 Å². The zero-order chi connectivity index (χ0) is 19.1. The number of carbonyl (C=O) groups excluding carboxylic acids is 1. The largest absolute Gasteiger partial charge is 0.497 e. The van der Waals surface area contributed by atoms with Gasteiger partial charge in [-0.15, -0.1) is 0 Å². The van der Waals surface area contributed by atoms with Crippen LogP contribution in [0.2, 0.25) is 0 Å². The summed E-state index contributed by atoms with van der Waals surface area (Å²) in [5.41, 5.74) is 2.82. The summed E-state index contributed by atoms with van der Waals surface area (Å²) < 4.78 is 5.30. The van der Waals surface area contributed by atoms with Gasteiger partial charge in [0.15, 0.2) is 0 Å². The fraction of sp³-hybridized carbons (Fsp3) is 0.350. The molecule has 6 heteroatoms. The first-order valence-electron chi connectivity index (χ1n) is 8.54. The number of hydrogen-bond acceptors (Lipinski definition) is 4. The molecule has 0 saturated heterocycles. The van der Waals surface area contributed by atoms with Crippen LogP contribution in [0.5, 0.6) is 5.75 Å². The Kier molecular flexibility index (Phi) is 6.86. The molecule has 2 aromatic carbocycles. The highest BCUT2D eigenvalue weighted by molar-refractivity contribution is 5.93. The van der Waals surface area contributed by atoms with E-state index < -0.39 is 0 Å². The minimum atomic E-state index is -0.228. The zero-order valence-corrected chi connectivity index (χ0v) is 16.1. The molecule has 0 saturated carbocycles. The Labute approximate surface area is 155 Å². The maximum atomic E-state index is 12.4. The van der Waals surface area contributed by atoms with Gasteiger partial charge in [-0.25, -0.2) is 4.79 Å². The number of anilines is 2. The molecule has 0 radical (unpaired) electrons. The fourth-order valence-corrected chi connectivity index (χ4v) is 2.77. The van der Waals surface area contributed by atoms with Gasteiger partial charge in [-0.3, -0.25) is 0 Å². The predicted octanol–water partition coefficient (Wildman–Crippen LogP) is 3.19. The SMILES string of the molecule is COc1cccc(C(CNC(=O)Nc2ccccc2N(C)C)N(C)C)c1. The molecule has 2 amide bonds. The Morgan fingerprint density at radius 1 is 1.08 bits per heavy atom. The Morgan fingerprint density at radius 3 is 2.46 bits per heavy atom. The van der Waals surface area contributed by atoms with Gasteiger partial charge < -0.3 is 25.2 Å². The molecule has 2 aromatic rings. The summed E-state index contributed by atoms with van der Waals surface area (Å²) in [5, 5.41) is 5.89. The van der Waals surface area contributed by atoms with E-state index >= 15 is 0 Å². The van der Waals surface area contributed by atoms with Crippen LogP contribution in [-0.2, 0) is 0 Å². The van der Waals surface area contributed by atoms with Crippen molar-refractivity contribution in [3.63, 3.8) is 0 Å². The number of para-hydroxylation sites is 2. The Hall–Kier alpha value is -2.73. The van der Waals surface area contributed by atoms with E-state index in [1.54, 1.807) is 7.11 Å². The van der Waals surface area contributed by atoms with E-state index in [1.807, 2.05) is 81.6 Å². The summed E-state index contributed by atoms with van der Waals surface area (Å²) in [7, 11) is 9.53. The summed E-state index contributed by atoms with van der Waals surface area (Å²) in [5.74, 6) is 0.804. The molecule has 0 aromatic heterocycles. The second kappa shape index (κ2) is 9.10. The number of nitrogens with one attached hydrogen (secondary N) is 2. The van der Waals surface area contributed by atoms with Gasteiger partial charge in [-0.1, -0.05) is 24.3 Å². The molecule has 0 spiro atoms. The van der Waals surface area contributed by atoms with E-state index in [0.29, 0.717) is 6.54 Å². The van der Waals surface area contributed by atoms with E-state index in [1.165, 1.54) is 0 Å². The third-order valence-electron chi connectivity index (χ3n) is 4.19. The van der Waals surface area contributed by atoms with Crippen LogP contribution in [0, 0.1) is 0 Å². The van der Waals surface area contributed by atoms with Crippen molar-refractivity contribution < 1.29 is 9.53 Å². The topological polar surface area (TPSA) is 56.8 Å². The second-order valence-corrected chi connectivity index (χ2v) is 6.50. The highest BCUT2D eigenvalue weighted by Crippen LogP contribution is 2.24. The second-order valence-electron chi connectivity index (χ2n) is 6.50. The van der Waals surface area contributed by atoms with E-state index in [4.69, 9.17) is 4.74 Å². The number of likely N-dealkylation sites (N-methyl/N-ethyl adjacent to an activating group) is 1. The molecule has 0 bridgehead atoms. The summed E-state index contributed by atoms with van der Waals surface area (Å²) in [4.78, 5) is 16.4. The number of hydrogen-bond donors (Lipinski definition) is 2.